The van der Waals surface area contributed by atoms with Crippen LogP contribution in [0.4, 0.5) is 5.82 Å². The Kier molecular flexibility index (Phi) is 9.41. The first kappa shape index (κ1) is 30.7. The second-order valence-corrected chi connectivity index (χ2v) is 12.7. The first-order valence-corrected chi connectivity index (χ1v) is 16.1. The van der Waals surface area contributed by atoms with E-state index in [1.165, 1.54) is 17.2 Å². The highest BCUT2D eigenvalue weighted by Crippen LogP contribution is 2.51. The van der Waals surface area contributed by atoms with E-state index in [4.69, 9.17) is 13.8 Å². The summed E-state index contributed by atoms with van der Waals surface area (Å²) in [6.45, 7) is 0.159. The van der Waals surface area contributed by atoms with E-state index < -0.39 is 32.1 Å². The smallest absolute Gasteiger partial charge is 0.331 e. The van der Waals surface area contributed by atoms with Gasteiger partial charge in [-0.2, -0.15) is 0 Å². The van der Waals surface area contributed by atoms with Gasteiger partial charge in [-0.15, -0.1) is 0 Å². The fourth-order valence-corrected chi connectivity index (χ4v) is 6.64. The summed E-state index contributed by atoms with van der Waals surface area (Å²) < 4.78 is 33.2. The number of imidazole rings is 1. The van der Waals surface area contributed by atoms with Crippen molar-refractivity contribution in [2.75, 3.05) is 11.5 Å². The van der Waals surface area contributed by atoms with E-state index in [2.05, 4.69) is 20.3 Å². The molecule has 6 rings (SSSR count). The Bertz CT molecular complexity index is 1730. The van der Waals surface area contributed by atoms with Crippen molar-refractivity contribution >= 4 is 30.5 Å². The van der Waals surface area contributed by atoms with Gasteiger partial charge in [0.2, 0.25) is 0 Å². The molecule has 1 saturated heterocycles. The molecule has 3 N–H and O–H groups in total. The van der Waals surface area contributed by atoms with E-state index in [9.17, 15) is 19.6 Å². The van der Waals surface area contributed by atoms with Crippen molar-refractivity contribution < 1.29 is 33.4 Å². The number of aliphatic hydroxyl groups excluding tert-OH is 2. The standard InChI is InChI=1S/C32H32N5O7P/c38-27-25(16-17-45(41,42-18-22-10-4-1-5-11-22)43-19-23-12-6-2-7-13-23)44-32(28(27)39)37-21-35-26-29(33-20-34-30(26)37)36-31(40)24-14-8-3-9-15-24/h1-15,20-21,25,27-28,32,38-39H,16-19H2,(H,33,34,36,40)/t25-,27-,28-,32-/m1/s1. The van der Waals surface area contributed by atoms with Gasteiger partial charge in [0.25, 0.3) is 5.91 Å². The quantitative estimate of drug-likeness (QED) is 0.165. The number of carbonyl (C=O) groups is 1. The predicted octanol–water partition coefficient (Wildman–Crippen LogP) is 4.71. The van der Waals surface area contributed by atoms with Crippen molar-refractivity contribution in [2.24, 2.45) is 0 Å². The fourth-order valence-electron chi connectivity index (χ4n) is 5.04. The molecule has 0 spiro atoms. The molecule has 3 heterocycles. The van der Waals surface area contributed by atoms with E-state index in [1.807, 2.05) is 66.7 Å². The van der Waals surface area contributed by atoms with Crippen molar-refractivity contribution in [1.29, 1.82) is 0 Å². The molecule has 12 nitrogen and oxygen atoms in total. The molecule has 13 heteroatoms. The molecule has 45 heavy (non-hydrogen) atoms. The minimum Gasteiger partial charge on any atom is -0.388 e. The minimum absolute atomic E-state index is 0.0592. The van der Waals surface area contributed by atoms with Gasteiger partial charge in [0, 0.05) is 5.56 Å². The topological polar surface area (TPSA) is 158 Å². The normalized spacial score (nSPS) is 20.0. The van der Waals surface area contributed by atoms with E-state index in [0.717, 1.165) is 11.1 Å². The van der Waals surface area contributed by atoms with Crippen molar-refractivity contribution in [3.8, 4) is 0 Å². The Labute approximate surface area is 259 Å². The maximum Gasteiger partial charge on any atom is 0.331 e. The highest BCUT2D eigenvalue weighted by molar-refractivity contribution is 7.53. The molecule has 0 unspecified atom stereocenters. The molecule has 0 aliphatic carbocycles. The van der Waals surface area contributed by atoms with Crippen LogP contribution < -0.4 is 5.32 Å². The zero-order valence-electron chi connectivity index (χ0n) is 24.1. The number of hydrogen-bond donors (Lipinski definition) is 3. The zero-order chi connectivity index (χ0) is 31.2. The number of nitrogens with zero attached hydrogens (tertiary/aromatic N) is 4. The Hall–Kier alpha value is -4.29. The molecule has 2 aromatic heterocycles. The van der Waals surface area contributed by atoms with Crippen LogP contribution in [0.15, 0.2) is 104 Å². The van der Waals surface area contributed by atoms with E-state index in [0.29, 0.717) is 5.56 Å². The third kappa shape index (κ3) is 7.18. The third-order valence-electron chi connectivity index (χ3n) is 7.47. The van der Waals surface area contributed by atoms with Crippen LogP contribution in [0, 0.1) is 0 Å². The van der Waals surface area contributed by atoms with Gasteiger partial charge in [-0.1, -0.05) is 78.9 Å². The molecule has 1 amide bonds. The molecule has 232 valence electrons. The number of anilines is 1. The van der Waals surface area contributed by atoms with Gasteiger partial charge >= 0.3 is 7.60 Å². The first-order valence-electron chi connectivity index (χ1n) is 14.4. The summed E-state index contributed by atoms with van der Waals surface area (Å²) in [6, 6.07) is 27.3. The maximum atomic E-state index is 13.9. The molecular formula is C32H32N5O7P. The molecule has 1 aliphatic rings. The second-order valence-electron chi connectivity index (χ2n) is 10.6. The van der Waals surface area contributed by atoms with Crippen LogP contribution in [0.1, 0.15) is 34.1 Å². The van der Waals surface area contributed by atoms with Gasteiger partial charge in [-0.3, -0.25) is 13.9 Å². The summed E-state index contributed by atoms with van der Waals surface area (Å²) in [4.78, 5) is 25.5. The Morgan fingerprint density at radius 1 is 0.844 bits per heavy atom. The van der Waals surface area contributed by atoms with Crippen molar-refractivity contribution in [3.05, 3.63) is 120 Å². The summed E-state index contributed by atoms with van der Waals surface area (Å²) in [5, 5.41) is 24.7. The predicted molar refractivity (Wildman–Crippen MR) is 165 cm³/mol. The first-order chi connectivity index (χ1) is 21.9. The number of hydrogen-bond acceptors (Lipinski definition) is 10. The number of ether oxygens (including phenoxy) is 1. The number of aliphatic hydroxyl groups is 2. The van der Waals surface area contributed by atoms with Crippen LogP contribution in [-0.4, -0.2) is 60.1 Å². The number of carbonyl (C=O) groups excluding carboxylic acids is 1. The molecule has 0 saturated carbocycles. The van der Waals surface area contributed by atoms with Crippen molar-refractivity contribution in [2.45, 2.75) is 44.2 Å². The van der Waals surface area contributed by atoms with Gasteiger partial charge in [0.05, 0.1) is 31.8 Å². The Morgan fingerprint density at radius 3 is 2.07 bits per heavy atom. The summed E-state index contributed by atoms with van der Waals surface area (Å²) in [5.41, 5.74) is 2.68. The van der Waals surface area contributed by atoms with Crippen LogP contribution in [0.5, 0.6) is 0 Å². The monoisotopic (exact) mass is 629 g/mol. The number of amides is 1. The summed E-state index contributed by atoms with van der Waals surface area (Å²) in [7, 11) is -3.67. The minimum atomic E-state index is -3.67. The summed E-state index contributed by atoms with van der Waals surface area (Å²) in [6.07, 6.45) is -1.92. The molecular weight excluding hydrogens is 597 g/mol. The van der Waals surface area contributed by atoms with E-state index >= 15 is 0 Å². The molecule has 0 radical (unpaired) electrons. The van der Waals surface area contributed by atoms with Gasteiger partial charge in [0.15, 0.2) is 23.2 Å². The largest absolute Gasteiger partial charge is 0.388 e. The number of fused-ring (bicyclic) bond motifs is 1. The summed E-state index contributed by atoms with van der Waals surface area (Å²) in [5.74, 6) is -0.185. The van der Waals surface area contributed by atoms with Gasteiger partial charge in [-0.05, 0) is 29.7 Å². The third-order valence-corrected chi connectivity index (χ3v) is 9.32. The lowest BCUT2D eigenvalue weighted by molar-refractivity contribution is -0.0357. The Balaban J connectivity index is 1.15. The highest BCUT2D eigenvalue weighted by atomic mass is 31.2. The lowest BCUT2D eigenvalue weighted by atomic mass is 10.1. The van der Waals surface area contributed by atoms with Gasteiger partial charge < -0.3 is 29.3 Å². The summed E-state index contributed by atoms with van der Waals surface area (Å²) >= 11 is 0. The fraction of sp³-hybridized carbons (Fsp3) is 0.250. The van der Waals surface area contributed by atoms with Crippen LogP contribution in [-0.2, 0) is 31.6 Å². The molecule has 4 atom stereocenters. The highest BCUT2D eigenvalue weighted by Gasteiger charge is 2.45. The number of benzene rings is 3. The number of aromatic nitrogens is 4. The number of nitrogens with one attached hydrogen (secondary N) is 1. The molecule has 1 fully saturated rings. The lowest BCUT2D eigenvalue weighted by Gasteiger charge is -2.21. The van der Waals surface area contributed by atoms with Crippen LogP contribution in [0.2, 0.25) is 0 Å². The second kappa shape index (κ2) is 13.8. The van der Waals surface area contributed by atoms with E-state index in [1.54, 1.807) is 24.3 Å². The zero-order valence-corrected chi connectivity index (χ0v) is 25.0. The van der Waals surface area contributed by atoms with Crippen LogP contribution in [0.25, 0.3) is 11.2 Å². The van der Waals surface area contributed by atoms with Crippen molar-refractivity contribution in [3.63, 3.8) is 0 Å². The SMILES string of the molecule is O=C(Nc1ncnc2c1ncn2[C@@H]1O[C@H](CCP(=O)(OCc2ccccc2)OCc2ccccc2)[C@@H](O)[C@H]1O)c1ccccc1. The molecule has 5 aromatic rings. The average Bonchev–Trinajstić information content (AvgIpc) is 3.64. The molecule has 1 aliphatic heterocycles. The average molecular weight is 630 g/mol. The molecule has 3 aromatic carbocycles. The van der Waals surface area contributed by atoms with Gasteiger partial charge in [-0.25, -0.2) is 15.0 Å². The van der Waals surface area contributed by atoms with E-state index in [-0.39, 0.29) is 48.7 Å². The van der Waals surface area contributed by atoms with Crippen LogP contribution in [0.3, 0.4) is 0 Å². The maximum absolute atomic E-state index is 13.9. The van der Waals surface area contributed by atoms with Crippen LogP contribution >= 0.6 is 7.60 Å². The van der Waals surface area contributed by atoms with Crippen molar-refractivity contribution in [1.82, 2.24) is 19.5 Å². The lowest BCUT2D eigenvalue weighted by Crippen LogP contribution is -2.32. The molecule has 0 bridgehead atoms. The number of rotatable bonds is 12. The van der Waals surface area contributed by atoms with Gasteiger partial charge in [0.1, 0.15) is 18.5 Å². The Morgan fingerprint density at radius 2 is 1.44 bits per heavy atom.